The van der Waals surface area contributed by atoms with Gasteiger partial charge in [-0.1, -0.05) is 12.1 Å². The van der Waals surface area contributed by atoms with Gasteiger partial charge in [-0.2, -0.15) is 10.5 Å². The maximum Gasteiger partial charge on any atom is 0.164 e. The summed E-state index contributed by atoms with van der Waals surface area (Å²) in [6, 6.07) is 10.8. The van der Waals surface area contributed by atoms with Crippen LogP contribution in [0.5, 0.6) is 5.75 Å². The van der Waals surface area contributed by atoms with Crippen LogP contribution < -0.4 is 16.5 Å². The van der Waals surface area contributed by atoms with E-state index < -0.39 is 0 Å². The van der Waals surface area contributed by atoms with E-state index in [0.29, 0.717) is 11.4 Å². The molecule has 0 amide bonds. The number of benzene rings is 1. The number of hydroxylamine groups is 1. The van der Waals surface area contributed by atoms with Gasteiger partial charge in [0.1, 0.15) is 17.8 Å². The van der Waals surface area contributed by atoms with Crippen molar-refractivity contribution in [3.05, 3.63) is 35.4 Å². The van der Waals surface area contributed by atoms with Crippen LogP contribution in [0.3, 0.4) is 0 Å². The van der Waals surface area contributed by atoms with E-state index in [2.05, 4.69) is 5.48 Å². The van der Waals surface area contributed by atoms with Crippen LogP contribution >= 0.6 is 0 Å². The Labute approximate surface area is 86.7 Å². The van der Waals surface area contributed by atoms with E-state index in [9.17, 15) is 0 Å². The first-order valence-corrected chi connectivity index (χ1v) is 3.93. The summed E-state index contributed by atoms with van der Waals surface area (Å²) in [6.07, 6.45) is 0. The Hall–Kier alpha value is -2.50. The number of nitrogens with zero attached hydrogens (tertiary/aromatic N) is 2. The minimum absolute atomic E-state index is 0. The van der Waals surface area contributed by atoms with Crippen LogP contribution in [0.1, 0.15) is 5.56 Å². The third kappa shape index (κ3) is 1.60. The number of hydrogen-bond donors (Lipinski definition) is 2. The lowest BCUT2D eigenvalue weighted by Gasteiger charge is -1.95. The number of hydrogen-bond acceptors (Lipinski definition) is 5. The predicted molar refractivity (Wildman–Crippen MR) is 53.4 cm³/mol. The summed E-state index contributed by atoms with van der Waals surface area (Å²) in [7, 11) is 0. The molecule has 74 valence electrons. The summed E-state index contributed by atoms with van der Waals surface area (Å²) in [6.45, 7) is 0. The molecular weight excluding hydrogens is 192 g/mol. The number of allylic oxidation sites excluding steroid dienone is 1. The van der Waals surface area contributed by atoms with Crippen LogP contribution in [0.15, 0.2) is 29.8 Å². The first kappa shape index (κ1) is 10.6. The maximum atomic E-state index is 8.69. The van der Waals surface area contributed by atoms with E-state index in [1.165, 1.54) is 0 Å². The molecule has 0 fully saturated rings. The van der Waals surface area contributed by atoms with Crippen molar-refractivity contribution in [2.75, 3.05) is 0 Å². The maximum absolute atomic E-state index is 8.69. The number of rotatable bonds is 0. The molecule has 0 atom stereocenters. The van der Waals surface area contributed by atoms with Crippen molar-refractivity contribution in [1.82, 2.24) is 11.6 Å². The zero-order valence-corrected chi connectivity index (χ0v) is 7.82. The Morgan fingerprint density at radius 2 is 1.87 bits per heavy atom. The Morgan fingerprint density at radius 1 is 1.20 bits per heavy atom. The van der Waals surface area contributed by atoms with Gasteiger partial charge >= 0.3 is 0 Å². The topological polar surface area (TPSA) is 104 Å². The predicted octanol–water partition coefficient (Wildman–Crippen LogP) is 1.50. The Bertz CT molecular complexity index is 477. The lowest BCUT2D eigenvalue weighted by Crippen LogP contribution is -2.09. The van der Waals surface area contributed by atoms with Gasteiger partial charge in [0, 0.05) is 5.56 Å². The molecule has 1 aliphatic rings. The molecule has 0 aromatic heterocycles. The van der Waals surface area contributed by atoms with E-state index in [0.717, 1.165) is 5.56 Å². The van der Waals surface area contributed by atoms with Crippen molar-refractivity contribution in [3.8, 4) is 17.9 Å². The third-order valence-electron chi connectivity index (χ3n) is 1.89. The van der Waals surface area contributed by atoms with Gasteiger partial charge in [0.2, 0.25) is 0 Å². The van der Waals surface area contributed by atoms with Crippen LogP contribution in [0.25, 0.3) is 5.70 Å². The molecule has 5 nitrogen and oxygen atoms in total. The molecule has 0 bridgehead atoms. The highest BCUT2D eigenvalue weighted by molar-refractivity contribution is 5.78. The highest BCUT2D eigenvalue weighted by Crippen LogP contribution is 2.30. The summed E-state index contributed by atoms with van der Waals surface area (Å²) in [5.74, 6) is 0.630. The molecule has 0 saturated carbocycles. The van der Waals surface area contributed by atoms with Gasteiger partial charge in [0.15, 0.2) is 11.3 Å². The largest absolute Gasteiger partial charge is 0.381 e. The van der Waals surface area contributed by atoms with Crippen molar-refractivity contribution in [1.29, 1.82) is 10.5 Å². The lowest BCUT2D eigenvalue weighted by atomic mass is 10.1. The molecule has 0 unspecified atom stereocenters. The van der Waals surface area contributed by atoms with Crippen LogP contribution in [-0.2, 0) is 0 Å². The molecule has 4 N–H and O–H groups in total. The molecule has 0 radical (unpaired) electrons. The van der Waals surface area contributed by atoms with Crippen molar-refractivity contribution < 1.29 is 4.84 Å². The second kappa shape index (κ2) is 4.14. The molecular formula is C10H8N4O. The van der Waals surface area contributed by atoms with Crippen LogP contribution in [-0.4, -0.2) is 0 Å². The average Bonchev–Trinajstić information content (AvgIpc) is 2.65. The average molecular weight is 200 g/mol. The lowest BCUT2D eigenvalue weighted by molar-refractivity contribution is 0.272. The summed E-state index contributed by atoms with van der Waals surface area (Å²) >= 11 is 0. The van der Waals surface area contributed by atoms with Gasteiger partial charge in [-0.05, 0) is 12.1 Å². The van der Waals surface area contributed by atoms with Crippen LogP contribution in [0, 0.1) is 22.7 Å². The van der Waals surface area contributed by atoms with Gasteiger partial charge in [0.25, 0.3) is 0 Å². The third-order valence-corrected chi connectivity index (χ3v) is 1.89. The van der Waals surface area contributed by atoms with E-state index in [4.69, 9.17) is 15.4 Å². The van der Waals surface area contributed by atoms with E-state index >= 15 is 0 Å². The molecule has 1 aliphatic heterocycles. The SMILES string of the molecule is N.N#CC(C#N)=C1NOc2ccccc21. The highest BCUT2D eigenvalue weighted by Gasteiger charge is 2.20. The molecule has 15 heavy (non-hydrogen) atoms. The molecule has 1 aromatic carbocycles. The van der Waals surface area contributed by atoms with Gasteiger partial charge in [-0.25, -0.2) is 5.48 Å². The second-order valence-electron chi connectivity index (χ2n) is 2.67. The van der Waals surface area contributed by atoms with E-state index in [1.807, 2.05) is 24.3 Å². The van der Waals surface area contributed by atoms with Crippen LogP contribution in [0.4, 0.5) is 0 Å². The second-order valence-corrected chi connectivity index (χ2v) is 2.67. The summed E-state index contributed by atoms with van der Waals surface area (Å²) < 4.78 is 0. The van der Waals surface area contributed by atoms with Gasteiger partial charge in [-0.15, -0.1) is 0 Å². The van der Waals surface area contributed by atoms with Crippen LogP contribution in [0.2, 0.25) is 0 Å². The van der Waals surface area contributed by atoms with E-state index in [-0.39, 0.29) is 11.7 Å². The fourth-order valence-corrected chi connectivity index (χ4v) is 1.25. The quantitative estimate of drug-likeness (QED) is 0.617. The highest BCUT2D eigenvalue weighted by atomic mass is 16.7. The first-order chi connectivity index (χ1) is 6.86. The van der Waals surface area contributed by atoms with E-state index in [1.54, 1.807) is 12.1 Å². The molecule has 0 spiro atoms. The molecule has 5 heteroatoms. The van der Waals surface area contributed by atoms with Crippen molar-refractivity contribution in [3.63, 3.8) is 0 Å². The van der Waals surface area contributed by atoms with Gasteiger partial charge in [-0.3, -0.25) is 0 Å². The fraction of sp³-hybridized carbons (Fsp3) is 0. The Kier molecular flexibility index (Phi) is 2.92. The number of nitrogens with one attached hydrogen (secondary N) is 1. The number of nitriles is 2. The Balaban J connectivity index is 0.00000112. The summed E-state index contributed by atoms with van der Waals surface area (Å²) in [5.41, 5.74) is 3.76. The normalized spacial score (nSPS) is 10.9. The number of fused-ring (bicyclic) bond motifs is 1. The van der Waals surface area contributed by atoms with Crippen molar-refractivity contribution in [2.45, 2.75) is 0 Å². The Morgan fingerprint density at radius 3 is 2.53 bits per heavy atom. The monoisotopic (exact) mass is 200 g/mol. The van der Waals surface area contributed by atoms with Crippen molar-refractivity contribution in [2.24, 2.45) is 0 Å². The molecule has 1 heterocycles. The summed E-state index contributed by atoms with van der Waals surface area (Å²) in [4.78, 5) is 5.09. The molecule has 1 aromatic rings. The zero-order valence-electron chi connectivity index (χ0n) is 7.82. The van der Waals surface area contributed by atoms with Gasteiger partial charge in [0.05, 0.1) is 0 Å². The summed E-state index contributed by atoms with van der Waals surface area (Å²) in [5, 5.41) is 17.4. The smallest absolute Gasteiger partial charge is 0.164 e. The number of para-hydroxylation sites is 1. The molecule has 0 aliphatic carbocycles. The zero-order chi connectivity index (χ0) is 9.97. The molecule has 0 saturated heterocycles. The van der Waals surface area contributed by atoms with Gasteiger partial charge < -0.3 is 11.0 Å². The standard InChI is InChI=1S/C10H5N3O.H3N/c11-5-7(6-12)10-8-3-1-2-4-9(8)14-13-10;/h1-4,13H;1H3. The minimum atomic E-state index is 0. The first-order valence-electron chi connectivity index (χ1n) is 3.93. The fourth-order valence-electron chi connectivity index (χ4n) is 1.25. The minimum Gasteiger partial charge on any atom is -0.381 e. The molecule has 2 rings (SSSR count). The van der Waals surface area contributed by atoms with Crippen molar-refractivity contribution >= 4 is 5.70 Å².